The summed E-state index contributed by atoms with van der Waals surface area (Å²) in [7, 11) is 3.24. The van der Waals surface area contributed by atoms with E-state index in [-0.39, 0.29) is 29.7 Å². The minimum atomic E-state index is -0.276. The van der Waals surface area contributed by atoms with Crippen LogP contribution in [0.1, 0.15) is 64.0 Å². The molecule has 34 heavy (non-hydrogen) atoms. The standard InChI is InChI=1S/C25H37N3O5.ClH/c1-18(26-31-4)19-5-6-23-22(17-19)28(24(29)33-23)20-9-13-27(14-10-20)25(2)11-7-21(8-12-25)32-16-15-30-3;/h5-6,17,20-21H,7-16H2,1-4H3;1H/b26-18+;/t21-,25-;. The highest BCUT2D eigenvalue weighted by Crippen LogP contribution is 2.38. The number of nitrogens with zero attached hydrogens (tertiary/aromatic N) is 3. The molecule has 0 amide bonds. The average Bonchev–Trinajstić information content (AvgIpc) is 3.15. The number of aromatic nitrogens is 1. The first kappa shape index (κ1) is 26.7. The molecule has 2 aliphatic rings. The maximum atomic E-state index is 12.7. The molecule has 0 N–H and O–H groups in total. The van der Waals surface area contributed by atoms with E-state index in [2.05, 4.69) is 17.0 Å². The van der Waals surface area contributed by atoms with Crippen LogP contribution in [-0.4, -0.2) is 67.3 Å². The number of hydrogen-bond acceptors (Lipinski definition) is 7. The first-order chi connectivity index (χ1) is 15.9. The molecule has 0 atom stereocenters. The predicted octanol–water partition coefficient (Wildman–Crippen LogP) is 4.39. The molecular weight excluding hydrogens is 458 g/mol. The second-order valence-corrected chi connectivity index (χ2v) is 9.56. The zero-order chi connectivity index (χ0) is 23.4. The number of piperidine rings is 1. The van der Waals surface area contributed by atoms with Crippen LogP contribution in [-0.2, 0) is 14.3 Å². The van der Waals surface area contributed by atoms with Gasteiger partial charge >= 0.3 is 5.76 Å². The van der Waals surface area contributed by atoms with Gasteiger partial charge in [0, 0.05) is 37.3 Å². The van der Waals surface area contributed by atoms with Crippen LogP contribution in [0, 0.1) is 0 Å². The summed E-state index contributed by atoms with van der Waals surface area (Å²) in [5, 5.41) is 4.02. The number of halogens is 1. The van der Waals surface area contributed by atoms with Gasteiger partial charge in [-0.2, -0.15) is 0 Å². The molecule has 0 spiro atoms. The molecule has 0 radical (unpaired) electrons. The Labute approximate surface area is 207 Å². The van der Waals surface area contributed by atoms with Crippen molar-refractivity contribution in [3.8, 4) is 0 Å². The number of oxazole rings is 1. The van der Waals surface area contributed by atoms with Crippen molar-refractivity contribution in [2.45, 2.75) is 70.1 Å². The summed E-state index contributed by atoms with van der Waals surface area (Å²) < 4.78 is 18.5. The summed E-state index contributed by atoms with van der Waals surface area (Å²) in [5.74, 6) is -0.276. The Balaban J connectivity index is 0.00000324. The minimum absolute atomic E-state index is 0. The van der Waals surface area contributed by atoms with Crippen LogP contribution in [0.3, 0.4) is 0 Å². The number of hydrogen-bond donors (Lipinski definition) is 0. The Kier molecular flexibility index (Phi) is 9.20. The van der Waals surface area contributed by atoms with Crippen molar-refractivity contribution in [2.24, 2.45) is 5.16 Å². The zero-order valence-electron chi connectivity index (χ0n) is 20.7. The van der Waals surface area contributed by atoms with Gasteiger partial charge in [-0.1, -0.05) is 5.16 Å². The molecule has 1 aliphatic heterocycles. The van der Waals surface area contributed by atoms with Crippen LogP contribution in [0.15, 0.2) is 32.6 Å². The topological polar surface area (TPSA) is 78.4 Å². The first-order valence-electron chi connectivity index (χ1n) is 12.0. The van der Waals surface area contributed by atoms with Crippen molar-refractivity contribution in [1.29, 1.82) is 0 Å². The van der Waals surface area contributed by atoms with E-state index in [1.165, 1.54) is 7.11 Å². The maximum Gasteiger partial charge on any atom is 0.420 e. The van der Waals surface area contributed by atoms with Crippen LogP contribution >= 0.6 is 12.4 Å². The number of ether oxygens (including phenoxy) is 2. The lowest BCUT2D eigenvalue weighted by molar-refractivity contribution is -0.0419. The van der Waals surface area contributed by atoms with Crippen LogP contribution in [0.2, 0.25) is 0 Å². The zero-order valence-corrected chi connectivity index (χ0v) is 21.6. The lowest BCUT2D eigenvalue weighted by Crippen LogP contribution is -2.53. The highest BCUT2D eigenvalue weighted by atomic mass is 35.5. The Bertz CT molecular complexity index is 1020. The van der Waals surface area contributed by atoms with Crippen molar-refractivity contribution in [1.82, 2.24) is 9.47 Å². The molecule has 190 valence electrons. The van der Waals surface area contributed by atoms with Crippen molar-refractivity contribution in [3.63, 3.8) is 0 Å². The van der Waals surface area contributed by atoms with E-state index in [1.54, 1.807) is 7.11 Å². The molecule has 9 heteroatoms. The number of likely N-dealkylation sites (tertiary alicyclic amines) is 1. The number of benzene rings is 1. The van der Waals surface area contributed by atoms with Gasteiger partial charge in [-0.3, -0.25) is 9.47 Å². The molecule has 1 saturated heterocycles. The van der Waals surface area contributed by atoms with E-state index in [4.69, 9.17) is 18.7 Å². The van der Waals surface area contributed by atoms with E-state index in [0.29, 0.717) is 24.9 Å². The van der Waals surface area contributed by atoms with Gasteiger partial charge in [0.25, 0.3) is 0 Å². The highest BCUT2D eigenvalue weighted by Gasteiger charge is 2.38. The van der Waals surface area contributed by atoms with Crippen LogP contribution in [0.25, 0.3) is 11.1 Å². The van der Waals surface area contributed by atoms with E-state index in [1.807, 2.05) is 29.7 Å². The molecule has 2 fully saturated rings. The first-order valence-corrected chi connectivity index (χ1v) is 12.0. The molecule has 2 aromatic rings. The Hall–Kier alpha value is -1.87. The third-order valence-electron chi connectivity index (χ3n) is 7.50. The molecule has 1 aromatic heterocycles. The van der Waals surface area contributed by atoms with Crippen molar-refractivity contribution in [2.75, 3.05) is 40.5 Å². The fraction of sp³-hybridized carbons (Fsp3) is 0.680. The number of methoxy groups -OCH3 is 1. The van der Waals surface area contributed by atoms with E-state index >= 15 is 0 Å². The van der Waals surface area contributed by atoms with Crippen LogP contribution in [0.4, 0.5) is 0 Å². The number of rotatable bonds is 8. The highest BCUT2D eigenvalue weighted by molar-refractivity contribution is 6.00. The number of oxime groups is 1. The summed E-state index contributed by atoms with van der Waals surface area (Å²) >= 11 is 0. The van der Waals surface area contributed by atoms with E-state index in [0.717, 1.165) is 68.4 Å². The second kappa shape index (κ2) is 11.7. The van der Waals surface area contributed by atoms with Gasteiger partial charge in [0.15, 0.2) is 5.58 Å². The molecule has 1 saturated carbocycles. The van der Waals surface area contributed by atoms with E-state index < -0.39 is 0 Å². The van der Waals surface area contributed by atoms with Crippen LogP contribution in [0.5, 0.6) is 0 Å². The van der Waals surface area contributed by atoms with Gasteiger partial charge in [-0.05, 0) is 70.6 Å². The fourth-order valence-corrected chi connectivity index (χ4v) is 5.45. The largest absolute Gasteiger partial charge is 0.420 e. The lowest BCUT2D eigenvalue weighted by Gasteiger charge is -2.48. The maximum absolute atomic E-state index is 12.7. The summed E-state index contributed by atoms with van der Waals surface area (Å²) in [6.07, 6.45) is 6.70. The van der Waals surface area contributed by atoms with E-state index in [9.17, 15) is 4.79 Å². The van der Waals surface area contributed by atoms with Crippen molar-refractivity contribution < 1.29 is 18.7 Å². The lowest BCUT2D eigenvalue weighted by atomic mass is 9.79. The van der Waals surface area contributed by atoms with Crippen molar-refractivity contribution >= 4 is 29.2 Å². The minimum Gasteiger partial charge on any atom is -0.408 e. The molecule has 8 nitrogen and oxygen atoms in total. The van der Waals surface area contributed by atoms with Crippen LogP contribution < -0.4 is 5.76 Å². The fourth-order valence-electron chi connectivity index (χ4n) is 5.45. The smallest absolute Gasteiger partial charge is 0.408 e. The summed E-state index contributed by atoms with van der Waals surface area (Å²) in [4.78, 5) is 20.3. The Morgan fingerprint density at radius 2 is 1.85 bits per heavy atom. The van der Waals surface area contributed by atoms with Gasteiger partial charge in [0.1, 0.15) is 7.11 Å². The van der Waals surface area contributed by atoms with Gasteiger partial charge in [0.2, 0.25) is 0 Å². The van der Waals surface area contributed by atoms with Gasteiger partial charge < -0.3 is 18.7 Å². The van der Waals surface area contributed by atoms with Gasteiger partial charge in [-0.15, -0.1) is 12.4 Å². The predicted molar refractivity (Wildman–Crippen MR) is 135 cm³/mol. The SMILES string of the molecule is COCCO[C@H]1CC[C@](C)(N2CCC(n3c(=O)oc4ccc(/C(C)=N/OC)cc43)CC2)CC1.Cl. The third-order valence-corrected chi connectivity index (χ3v) is 7.50. The molecular formula is C25H38ClN3O5. The summed E-state index contributed by atoms with van der Waals surface area (Å²) in [6.45, 7) is 7.59. The van der Waals surface area contributed by atoms with Crippen molar-refractivity contribution in [3.05, 3.63) is 34.3 Å². The molecule has 1 aliphatic carbocycles. The Morgan fingerprint density at radius 1 is 1.15 bits per heavy atom. The monoisotopic (exact) mass is 495 g/mol. The number of fused-ring (bicyclic) bond motifs is 1. The second-order valence-electron chi connectivity index (χ2n) is 9.56. The molecule has 4 rings (SSSR count). The normalized spacial score (nSPS) is 24.8. The van der Waals surface area contributed by atoms with Gasteiger partial charge in [0.05, 0.1) is 30.5 Å². The third kappa shape index (κ3) is 5.67. The average molecular weight is 496 g/mol. The molecule has 1 aromatic carbocycles. The molecule has 2 heterocycles. The summed E-state index contributed by atoms with van der Waals surface area (Å²) in [5.41, 5.74) is 3.35. The Morgan fingerprint density at radius 3 is 2.50 bits per heavy atom. The molecule has 0 unspecified atom stereocenters. The summed E-state index contributed by atoms with van der Waals surface area (Å²) in [6, 6.07) is 5.88. The quantitative estimate of drug-likeness (QED) is 0.307. The molecule has 0 bridgehead atoms. The van der Waals surface area contributed by atoms with Gasteiger partial charge in [-0.25, -0.2) is 4.79 Å².